The van der Waals surface area contributed by atoms with E-state index in [2.05, 4.69) is 5.10 Å². The number of carbonyl (C=O) groups excluding carboxylic acids is 2. The lowest BCUT2D eigenvalue weighted by atomic mass is 9.81. The molecule has 3 fully saturated rings. The van der Waals surface area contributed by atoms with Crippen LogP contribution in [-0.2, 0) is 20.9 Å². The quantitative estimate of drug-likeness (QED) is 0.704. The fourth-order valence-corrected chi connectivity index (χ4v) is 4.92. The second-order valence-electron chi connectivity index (χ2n) is 7.10. The van der Waals surface area contributed by atoms with Gasteiger partial charge in [0.25, 0.3) is 0 Å². The SMILES string of the molecule is O=C1C2C3CCC(O3)C2C(=O)N1c1nn(Cc2ccc(Cl)c(Cl)c2)cc1Cl. The largest absolute Gasteiger partial charge is 0.373 e. The van der Waals surface area contributed by atoms with E-state index in [1.54, 1.807) is 23.0 Å². The Hall–Kier alpha value is -1.60. The Labute approximate surface area is 169 Å². The number of amides is 2. The third-order valence-corrected chi connectivity index (χ3v) is 6.53. The van der Waals surface area contributed by atoms with Gasteiger partial charge in [-0.3, -0.25) is 14.3 Å². The summed E-state index contributed by atoms with van der Waals surface area (Å²) in [6.45, 7) is 0.383. The lowest BCUT2D eigenvalue weighted by Crippen LogP contribution is -2.34. The molecule has 0 N–H and O–H groups in total. The van der Waals surface area contributed by atoms with E-state index in [0.717, 1.165) is 23.3 Å². The lowest BCUT2D eigenvalue weighted by Gasteiger charge is -2.15. The van der Waals surface area contributed by atoms with Gasteiger partial charge in [0.15, 0.2) is 5.82 Å². The Bertz CT molecular complexity index is 948. The van der Waals surface area contributed by atoms with Gasteiger partial charge in [-0.25, -0.2) is 4.90 Å². The zero-order chi connectivity index (χ0) is 18.9. The smallest absolute Gasteiger partial charge is 0.241 e. The highest BCUT2D eigenvalue weighted by molar-refractivity contribution is 6.42. The Balaban J connectivity index is 1.44. The number of hydrogen-bond donors (Lipinski definition) is 0. The molecule has 9 heteroatoms. The fourth-order valence-electron chi connectivity index (χ4n) is 4.37. The minimum Gasteiger partial charge on any atom is -0.373 e. The minimum atomic E-state index is -0.410. The fraction of sp³-hybridized carbons (Fsp3) is 0.389. The number of carbonyl (C=O) groups is 2. The number of rotatable bonds is 3. The molecule has 4 unspecified atom stereocenters. The number of aromatic nitrogens is 2. The molecule has 6 nitrogen and oxygen atoms in total. The molecule has 1 aromatic heterocycles. The van der Waals surface area contributed by atoms with Crippen molar-refractivity contribution in [3.05, 3.63) is 45.0 Å². The van der Waals surface area contributed by atoms with Gasteiger partial charge < -0.3 is 4.74 Å². The van der Waals surface area contributed by atoms with Crippen LogP contribution in [0.2, 0.25) is 15.1 Å². The first-order chi connectivity index (χ1) is 12.9. The number of nitrogens with zero attached hydrogens (tertiary/aromatic N) is 3. The Morgan fingerprint density at radius 3 is 2.30 bits per heavy atom. The average Bonchev–Trinajstić information content (AvgIpc) is 3.36. The Morgan fingerprint density at radius 2 is 1.67 bits per heavy atom. The standard InChI is InChI=1S/C18H14Cl3N3O3/c19-9-2-1-8(5-10(9)20)6-23-7-11(21)16(22-23)24-17(25)14-12-3-4-13(27-12)15(14)18(24)26/h1-2,5,7,12-15H,3-4,6H2. The highest BCUT2D eigenvalue weighted by Gasteiger charge is 2.63. The number of ether oxygens (including phenoxy) is 1. The van der Waals surface area contributed by atoms with E-state index in [4.69, 9.17) is 39.5 Å². The second-order valence-corrected chi connectivity index (χ2v) is 8.32. The van der Waals surface area contributed by atoms with Crippen LogP contribution >= 0.6 is 34.8 Å². The van der Waals surface area contributed by atoms with Crippen LogP contribution in [0.4, 0.5) is 5.82 Å². The first-order valence-corrected chi connectivity index (χ1v) is 9.77. The summed E-state index contributed by atoms with van der Waals surface area (Å²) in [4.78, 5) is 26.9. The van der Waals surface area contributed by atoms with Gasteiger partial charge in [0.2, 0.25) is 11.8 Å². The Kier molecular flexibility index (Phi) is 4.02. The van der Waals surface area contributed by atoms with Gasteiger partial charge in [0.1, 0.15) is 5.02 Å². The third-order valence-electron chi connectivity index (χ3n) is 5.52. The molecule has 0 aliphatic carbocycles. The van der Waals surface area contributed by atoms with E-state index >= 15 is 0 Å². The highest BCUT2D eigenvalue weighted by Crippen LogP contribution is 2.49. The molecular weight excluding hydrogens is 413 g/mol. The molecule has 2 bridgehead atoms. The van der Waals surface area contributed by atoms with Crippen molar-refractivity contribution in [3.8, 4) is 0 Å². The first-order valence-electron chi connectivity index (χ1n) is 8.64. The summed E-state index contributed by atoms with van der Waals surface area (Å²) in [6.07, 6.45) is 2.90. The molecule has 0 spiro atoms. The van der Waals surface area contributed by atoms with Crippen molar-refractivity contribution in [2.75, 3.05) is 4.90 Å². The van der Waals surface area contributed by atoms with Gasteiger partial charge in [0, 0.05) is 6.20 Å². The minimum absolute atomic E-state index is 0.168. The molecule has 4 heterocycles. The molecule has 4 atom stereocenters. The zero-order valence-electron chi connectivity index (χ0n) is 13.9. The van der Waals surface area contributed by atoms with Crippen molar-refractivity contribution in [1.29, 1.82) is 0 Å². The molecule has 27 heavy (non-hydrogen) atoms. The van der Waals surface area contributed by atoms with Crippen LogP contribution in [-0.4, -0.2) is 33.8 Å². The van der Waals surface area contributed by atoms with Crippen molar-refractivity contribution in [2.24, 2.45) is 11.8 Å². The van der Waals surface area contributed by atoms with Crippen molar-refractivity contribution >= 4 is 52.4 Å². The molecule has 140 valence electrons. The van der Waals surface area contributed by atoms with Crippen LogP contribution in [0.3, 0.4) is 0 Å². The van der Waals surface area contributed by atoms with Crippen molar-refractivity contribution in [3.63, 3.8) is 0 Å². The highest BCUT2D eigenvalue weighted by atomic mass is 35.5. The summed E-state index contributed by atoms with van der Waals surface area (Å²) >= 11 is 18.3. The van der Waals surface area contributed by atoms with Crippen LogP contribution in [0.5, 0.6) is 0 Å². The van der Waals surface area contributed by atoms with Crippen molar-refractivity contribution in [2.45, 2.75) is 31.6 Å². The van der Waals surface area contributed by atoms with Gasteiger partial charge in [-0.2, -0.15) is 5.10 Å². The summed E-state index contributed by atoms with van der Waals surface area (Å²) in [5.74, 6) is -1.17. The number of fused-ring (bicyclic) bond motifs is 5. The van der Waals surface area contributed by atoms with E-state index in [1.807, 2.05) is 6.07 Å². The molecule has 2 amide bonds. The summed E-state index contributed by atoms with van der Waals surface area (Å²) in [6, 6.07) is 5.27. The van der Waals surface area contributed by atoms with E-state index in [9.17, 15) is 9.59 Å². The summed E-state index contributed by atoms with van der Waals surface area (Å²) < 4.78 is 7.33. The first kappa shape index (κ1) is 17.5. The summed E-state index contributed by atoms with van der Waals surface area (Å²) in [5.41, 5.74) is 0.873. The topological polar surface area (TPSA) is 64.4 Å². The van der Waals surface area contributed by atoms with Crippen LogP contribution in [0, 0.1) is 11.8 Å². The van der Waals surface area contributed by atoms with Gasteiger partial charge in [-0.1, -0.05) is 40.9 Å². The molecule has 1 aromatic carbocycles. The van der Waals surface area contributed by atoms with Gasteiger partial charge in [0.05, 0.1) is 40.6 Å². The summed E-state index contributed by atoms with van der Waals surface area (Å²) in [7, 11) is 0. The van der Waals surface area contributed by atoms with Crippen LogP contribution < -0.4 is 4.90 Å². The summed E-state index contributed by atoms with van der Waals surface area (Å²) in [5, 5.41) is 5.56. The monoisotopic (exact) mass is 425 g/mol. The van der Waals surface area contributed by atoms with Gasteiger partial charge >= 0.3 is 0 Å². The molecule has 0 radical (unpaired) electrons. The average molecular weight is 427 g/mol. The van der Waals surface area contributed by atoms with Crippen LogP contribution in [0.15, 0.2) is 24.4 Å². The molecule has 5 rings (SSSR count). The van der Waals surface area contributed by atoms with E-state index in [1.165, 1.54) is 0 Å². The van der Waals surface area contributed by atoms with Crippen LogP contribution in [0.25, 0.3) is 0 Å². The molecule has 2 aromatic rings. The van der Waals surface area contributed by atoms with Gasteiger partial charge in [-0.15, -0.1) is 0 Å². The van der Waals surface area contributed by atoms with Gasteiger partial charge in [-0.05, 0) is 30.5 Å². The van der Waals surface area contributed by atoms with Crippen molar-refractivity contribution < 1.29 is 14.3 Å². The number of anilines is 1. The number of benzene rings is 1. The Morgan fingerprint density at radius 1 is 1.00 bits per heavy atom. The third kappa shape index (κ3) is 2.62. The molecule has 0 saturated carbocycles. The van der Waals surface area contributed by atoms with E-state index in [0.29, 0.717) is 16.6 Å². The van der Waals surface area contributed by atoms with E-state index in [-0.39, 0.29) is 34.9 Å². The van der Waals surface area contributed by atoms with E-state index < -0.39 is 11.8 Å². The maximum Gasteiger partial charge on any atom is 0.241 e. The van der Waals surface area contributed by atoms with Crippen LogP contribution in [0.1, 0.15) is 18.4 Å². The second kappa shape index (κ2) is 6.21. The normalized spacial score (nSPS) is 29.1. The lowest BCUT2D eigenvalue weighted by molar-refractivity contribution is -0.124. The number of halogens is 3. The molecule has 3 aliphatic heterocycles. The molecular formula is C18H14Cl3N3O3. The number of imide groups is 1. The predicted molar refractivity (Wildman–Crippen MR) is 100 cm³/mol. The van der Waals surface area contributed by atoms with Crippen molar-refractivity contribution in [1.82, 2.24) is 9.78 Å². The molecule has 3 aliphatic rings. The predicted octanol–water partition coefficient (Wildman–Crippen LogP) is 3.56. The zero-order valence-corrected chi connectivity index (χ0v) is 16.2. The molecule has 3 saturated heterocycles. The maximum absolute atomic E-state index is 12.9. The maximum atomic E-state index is 12.9. The number of hydrogen-bond acceptors (Lipinski definition) is 4.